The van der Waals surface area contributed by atoms with Crippen molar-refractivity contribution >= 4 is 23.2 Å². The summed E-state index contributed by atoms with van der Waals surface area (Å²) in [5, 5.41) is 3.62. The number of rotatable bonds is 6. The van der Waals surface area contributed by atoms with Crippen molar-refractivity contribution in [3.63, 3.8) is 0 Å². The first-order valence-electron chi connectivity index (χ1n) is 7.40. The number of hydrogen-bond donors (Lipinski definition) is 1. The van der Waals surface area contributed by atoms with Crippen LogP contribution in [0.5, 0.6) is 5.75 Å². The summed E-state index contributed by atoms with van der Waals surface area (Å²) in [5.74, 6) is 0.569. The van der Waals surface area contributed by atoms with E-state index >= 15 is 0 Å². The molecule has 122 valence electrons. The largest absolute Gasteiger partial charge is 0.495 e. The van der Waals surface area contributed by atoms with Crippen LogP contribution in [0, 0.1) is 0 Å². The highest BCUT2D eigenvalue weighted by molar-refractivity contribution is 6.30. The van der Waals surface area contributed by atoms with Gasteiger partial charge in [-0.15, -0.1) is 0 Å². The van der Waals surface area contributed by atoms with Crippen LogP contribution >= 0.6 is 11.6 Å². The summed E-state index contributed by atoms with van der Waals surface area (Å²) >= 11 is 5.89. The van der Waals surface area contributed by atoms with E-state index in [1.54, 1.807) is 7.11 Å². The van der Waals surface area contributed by atoms with Crippen LogP contribution in [-0.4, -0.2) is 31.0 Å². The maximum absolute atomic E-state index is 12.4. The Balaban J connectivity index is 1.99. The molecule has 1 atom stereocenters. The number of hydrogen-bond acceptors (Lipinski definition) is 3. The van der Waals surface area contributed by atoms with Crippen LogP contribution in [0.25, 0.3) is 0 Å². The van der Waals surface area contributed by atoms with Gasteiger partial charge in [0.1, 0.15) is 5.75 Å². The van der Waals surface area contributed by atoms with E-state index in [9.17, 15) is 4.79 Å². The number of nitrogens with zero attached hydrogens (tertiary/aromatic N) is 1. The maximum atomic E-state index is 12.4. The van der Waals surface area contributed by atoms with Crippen LogP contribution in [0.4, 0.5) is 5.69 Å². The fourth-order valence-electron chi connectivity index (χ4n) is 2.20. The van der Waals surface area contributed by atoms with Crippen LogP contribution < -0.4 is 10.1 Å². The van der Waals surface area contributed by atoms with E-state index in [1.165, 1.54) is 0 Å². The summed E-state index contributed by atoms with van der Waals surface area (Å²) < 4.78 is 5.25. The summed E-state index contributed by atoms with van der Waals surface area (Å²) in [7, 11) is 3.50. The molecule has 0 aliphatic rings. The standard InChI is InChI=1S/C18H21ClN2O2/c1-13(21(2)12-14-8-10-15(19)11-9-14)18(22)20-16-6-4-5-7-17(16)23-3/h4-11,13H,12H2,1-3H3,(H,20,22). The van der Waals surface area contributed by atoms with E-state index in [1.807, 2.05) is 67.4 Å². The predicted molar refractivity (Wildman–Crippen MR) is 94.0 cm³/mol. The second kappa shape index (κ2) is 7.99. The average molecular weight is 333 g/mol. The minimum atomic E-state index is -0.282. The van der Waals surface area contributed by atoms with E-state index in [0.29, 0.717) is 23.0 Å². The molecule has 0 spiro atoms. The Labute approximate surface area is 142 Å². The average Bonchev–Trinajstić information content (AvgIpc) is 2.56. The van der Waals surface area contributed by atoms with Crippen molar-refractivity contribution in [2.24, 2.45) is 0 Å². The first kappa shape index (κ1) is 17.3. The van der Waals surface area contributed by atoms with Crippen molar-refractivity contribution in [3.05, 3.63) is 59.1 Å². The van der Waals surface area contributed by atoms with Gasteiger partial charge in [-0.1, -0.05) is 35.9 Å². The molecule has 2 aromatic rings. The van der Waals surface area contributed by atoms with Crippen LogP contribution in [0.3, 0.4) is 0 Å². The highest BCUT2D eigenvalue weighted by atomic mass is 35.5. The zero-order valence-corrected chi connectivity index (χ0v) is 14.3. The van der Waals surface area contributed by atoms with Gasteiger partial charge in [-0.25, -0.2) is 0 Å². The molecule has 0 aliphatic heterocycles. The van der Waals surface area contributed by atoms with Gasteiger partial charge in [-0.2, -0.15) is 0 Å². The highest BCUT2D eigenvalue weighted by Crippen LogP contribution is 2.23. The molecule has 0 saturated carbocycles. The Morgan fingerprint density at radius 2 is 1.87 bits per heavy atom. The van der Waals surface area contributed by atoms with Crippen molar-refractivity contribution in [1.29, 1.82) is 0 Å². The van der Waals surface area contributed by atoms with E-state index in [0.717, 1.165) is 5.56 Å². The molecule has 0 heterocycles. The summed E-state index contributed by atoms with van der Waals surface area (Å²) in [4.78, 5) is 14.4. The van der Waals surface area contributed by atoms with Gasteiger partial charge in [0.05, 0.1) is 18.8 Å². The number of halogens is 1. The normalized spacial score (nSPS) is 12.0. The Morgan fingerprint density at radius 3 is 2.52 bits per heavy atom. The molecule has 0 radical (unpaired) electrons. The fourth-order valence-corrected chi connectivity index (χ4v) is 2.33. The van der Waals surface area contributed by atoms with Gasteiger partial charge in [0.2, 0.25) is 5.91 Å². The third-order valence-electron chi connectivity index (χ3n) is 3.75. The van der Waals surface area contributed by atoms with Gasteiger partial charge < -0.3 is 10.1 Å². The third kappa shape index (κ3) is 4.71. The minimum Gasteiger partial charge on any atom is -0.495 e. The molecule has 0 bridgehead atoms. The van der Waals surface area contributed by atoms with Crippen molar-refractivity contribution in [2.75, 3.05) is 19.5 Å². The molecule has 23 heavy (non-hydrogen) atoms. The highest BCUT2D eigenvalue weighted by Gasteiger charge is 2.19. The molecule has 0 aromatic heterocycles. The smallest absolute Gasteiger partial charge is 0.241 e. The number of carbonyl (C=O) groups excluding carboxylic acids is 1. The van der Waals surface area contributed by atoms with Gasteiger partial charge in [-0.05, 0) is 43.8 Å². The van der Waals surface area contributed by atoms with Crippen molar-refractivity contribution in [3.8, 4) is 5.75 Å². The predicted octanol–water partition coefficient (Wildman–Crippen LogP) is 3.81. The number of nitrogens with one attached hydrogen (secondary N) is 1. The number of ether oxygens (including phenoxy) is 1. The lowest BCUT2D eigenvalue weighted by molar-refractivity contribution is -0.120. The Kier molecular flexibility index (Phi) is 6.02. The molecule has 0 fully saturated rings. The summed E-state index contributed by atoms with van der Waals surface area (Å²) in [5.41, 5.74) is 1.78. The van der Waals surface area contributed by atoms with Gasteiger partial charge in [0.25, 0.3) is 0 Å². The first-order valence-corrected chi connectivity index (χ1v) is 7.77. The van der Waals surface area contributed by atoms with Crippen LogP contribution in [0.2, 0.25) is 5.02 Å². The molecule has 1 N–H and O–H groups in total. The molecular weight excluding hydrogens is 312 g/mol. The SMILES string of the molecule is COc1ccccc1NC(=O)C(C)N(C)Cc1ccc(Cl)cc1. The second-order valence-corrected chi connectivity index (χ2v) is 5.84. The zero-order valence-electron chi connectivity index (χ0n) is 13.5. The molecule has 1 amide bonds. The number of methoxy groups -OCH3 is 1. The van der Waals surface area contributed by atoms with Crippen LogP contribution in [0.1, 0.15) is 12.5 Å². The number of carbonyl (C=O) groups is 1. The minimum absolute atomic E-state index is 0.0778. The lowest BCUT2D eigenvalue weighted by atomic mass is 10.2. The van der Waals surface area contributed by atoms with Gasteiger partial charge >= 0.3 is 0 Å². The number of amides is 1. The third-order valence-corrected chi connectivity index (χ3v) is 4.00. The number of para-hydroxylation sites is 2. The lowest BCUT2D eigenvalue weighted by Crippen LogP contribution is -2.39. The van der Waals surface area contributed by atoms with Gasteiger partial charge in [-0.3, -0.25) is 9.69 Å². The van der Waals surface area contributed by atoms with Crippen molar-refractivity contribution in [1.82, 2.24) is 4.90 Å². The monoisotopic (exact) mass is 332 g/mol. The first-order chi connectivity index (χ1) is 11.0. The quantitative estimate of drug-likeness (QED) is 0.874. The molecular formula is C18H21ClN2O2. The molecule has 5 heteroatoms. The lowest BCUT2D eigenvalue weighted by Gasteiger charge is -2.24. The molecule has 0 saturated heterocycles. The number of anilines is 1. The van der Waals surface area contributed by atoms with Crippen LogP contribution in [-0.2, 0) is 11.3 Å². The van der Waals surface area contributed by atoms with E-state index < -0.39 is 0 Å². The number of likely N-dealkylation sites (N-methyl/N-ethyl adjacent to an activating group) is 1. The zero-order chi connectivity index (χ0) is 16.8. The molecule has 2 rings (SSSR count). The summed E-state index contributed by atoms with van der Waals surface area (Å²) in [6.45, 7) is 2.54. The topological polar surface area (TPSA) is 41.6 Å². The molecule has 1 unspecified atom stereocenters. The van der Waals surface area contributed by atoms with Gasteiger partial charge in [0, 0.05) is 11.6 Å². The maximum Gasteiger partial charge on any atom is 0.241 e. The van der Waals surface area contributed by atoms with E-state index in [4.69, 9.17) is 16.3 Å². The van der Waals surface area contributed by atoms with Gasteiger partial charge in [0.15, 0.2) is 0 Å². The second-order valence-electron chi connectivity index (χ2n) is 5.41. The Morgan fingerprint density at radius 1 is 1.22 bits per heavy atom. The Bertz CT molecular complexity index is 658. The molecule has 0 aliphatic carbocycles. The summed E-state index contributed by atoms with van der Waals surface area (Å²) in [6.07, 6.45) is 0. The number of benzene rings is 2. The van der Waals surface area contributed by atoms with Crippen LogP contribution in [0.15, 0.2) is 48.5 Å². The van der Waals surface area contributed by atoms with Crippen molar-refractivity contribution in [2.45, 2.75) is 19.5 Å². The van der Waals surface area contributed by atoms with E-state index in [2.05, 4.69) is 5.32 Å². The van der Waals surface area contributed by atoms with Crippen molar-refractivity contribution < 1.29 is 9.53 Å². The Hall–Kier alpha value is -2.04. The molecule has 2 aromatic carbocycles. The fraction of sp³-hybridized carbons (Fsp3) is 0.278. The molecule has 4 nitrogen and oxygen atoms in total. The summed E-state index contributed by atoms with van der Waals surface area (Å²) in [6, 6.07) is 14.7. The van der Waals surface area contributed by atoms with E-state index in [-0.39, 0.29) is 11.9 Å².